The maximum absolute atomic E-state index is 6.02. The van der Waals surface area contributed by atoms with E-state index in [0.717, 1.165) is 25.2 Å². The molecule has 2 atom stereocenters. The smallest absolute Gasteiger partial charge is 0.197 e. The number of nitrogens with zero attached hydrogens (tertiary/aromatic N) is 3. The first-order chi connectivity index (χ1) is 9.19. The second-order valence-corrected chi connectivity index (χ2v) is 6.03. The number of allylic oxidation sites excluding steroid dienone is 1. The number of halogens is 1. The van der Waals surface area contributed by atoms with Crippen LogP contribution in [0.5, 0.6) is 0 Å². The van der Waals surface area contributed by atoms with Crippen LogP contribution in [0.25, 0.3) is 0 Å². The van der Waals surface area contributed by atoms with Crippen LogP contribution in [0.15, 0.2) is 31.4 Å². The summed E-state index contributed by atoms with van der Waals surface area (Å²) in [6.45, 7) is 3.02. The van der Waals surface area contributed by atoms with Gasteiger partial charge in [-0.3, -0.25) is 4.99 Å². The Kier molecular flexibility index (Phi) is 5.10. The molecule has 2 aliphatic rings. The van der Waals surface area contributed by atoms with Gasteiger partial charge in [0.15, 0.2) is 5.96 Å². The van der Waals surface area contributed by atoms with Crippen molar-refractivity contribution in [1.82, 2.24) is 4.90 Å². The standard InChI is InChI=1S/C13H19BrN4S/c1-3-4-10(19-8-6-14)11-9-5-7-16-12(9)18(2)13(15)17-11/h4,6,8-9,11H,3,5,7H2,1-2H3,(H2,15,17)/b8-6+,10-4-. The first-order valence-electron chi connectivity index (χ1n) is 6.42. The van der Waals surface area contributed by atoms with E-state index >= 15 is 0 Å². The molecule has 0 fully saturated rings. The zero-order valence-corrected chi connectivity index (χ0v) is 13.6. The predicted octanol–water partition coefficient (Wildman–Crippen LogP) is 2.93. The molecule has 0 spiro atoms. The molecular formula is C13H19BrN4S. The molecule has 2 heterocycles. The third-order valence-electron chi connectivity index (χ3n) is 3.34. The Labute approximate surface area is 127 Å². The molecule has 0 aromatic carbocycles. The minimum Gasteiger partial charge on any atom is -0.369 e. The van der Waals surface area contributed by atoms with E-state index in [4.69, 9.17) is 5.73 Å². The van der Waals surface area contributed by atoms with E-state index < -0.39 is 0 Å². The maximum Gasteiger partial charge on any atom is 0.197 e. The molecule has 0 radical (unpaired) electrons. The Balaban J connectivity index is 2.31. The van der Waals surface area contributed by atoms with E-state index in [1.54, 1.807) is 11.8 Å². The van der Waals surface area contributed by atoms with Crippen molar-refractivity contribution in [2.24, 2.45) is 21.6 Å². The Bertz CT molecular complexity index is 456. The van der Waals surface area contributed by atoms with Crippen LogP contribution in [0.3, 0.4) is 0 Å². The third-order valence-corrected chi connectivity index (χ3v) is 4.90. The van der Waals surface area contributed by atoms with Crippen molar-refractivity contribution < 1.29 is 0 Å². The van der Waals surface area contributed by atoms with Gasteiger partial charge < -0.3 is 10.6 Å². The van der Waals surface area contributed by atoms with E-state index in [0.29, 0.717) is 11.9 Å². The van der Waals surface area contributed by atoms with Gasteiger partial charge in [0.25, 0.3) is 0 Å². The van der Waals surface area contributed by atoms with Gasteiger partial charge >= 0.3 is 0 Å². The van der Waals surface area contributed by atoms with Crippen molar-refractivity contribution in [2.75, 3.05) is 13.6 Å². The lowest BCUT2D eigenvalue weighted by Gasteiger charge is -2.33. The van der Waals surface area contributed by atoms with Crippen molar-refractivity contribution in [3.05, 3.63) is 21.4 Å². The number of guanidine groups is 1. The highest BCUT2D eigenvalue weighted by Gasteiger charge is 2.38. The molecule has 0 saturated heterocycles. The van der Waals surface area contributed by atoms with Crippen molar-refractivity contribution in [3.63, 3.8) is 0 Å². The summed E-state index contributed by atoms with van der Waals surface area (Å²) in [5, 5.41) is 2.03. The van der Waals surface area contributed by atoms with Crippen LogP contribution in [-0.4, -0.2) is 36.3 Å². The molecule has 0 aromatic rings. The average molecular weight is 343 g/mol. The van der Waals surface area contributed by atoms with Gasteiger partial charge in [0.05, 0.1) is 6.04 Å². The summed E-state index contributed by atoms with van der Waals surface area (Å²) < 4.78 is 0. The fourth-order valence-corrected chi connectivity index (χ4v) is 3.61. The Morgan fingerprint density at radius 2 is 2.42 bits per heavy atom. The molecule has 2 N–H and O–H groups in total. The number of fused-ring (bicyclic) bond motifs is 1. The van der Waals surface area contributed by atoms with E-state index in [1.807, 2.05) is 22.3 Å². The zero-order chi connectivity index (χ0) is 13.8. The molecule has 2 aliphatic heterocycles. The molecule has 19 heavy (non-hydrogen) atoms. The lowest BCUT2D eigenvalue weighted by molar-refractivity contribution is 0.521. The number of nitrogens with two attached hydrogens (primary N) is 1. The van der Waals surface area contributed by atoms with Crippen molar-refractivity contribution >= 4 is 39.5 Å². The van der Waals surface area contributed by atoms with Crippen LogP contribution in [0.1, 0.15) is 19.8 Å². The van der Waals surface area contributed by atoms with E-state index in [1.165, 1.54) is 4.91 Å². The monoisotopic (exact) mass is 342 g/mol. The largest absolute Gasteiger partial charge is 0.369 e. The normalized spacial score (nSPS) is 27.5. The molecule has 4 nitrogen and oxygen atoms in total. The zero-order valence-electron chi connectivity index (χ0n) is 11.2. The molecule has 2 rings (SSSR count). The van der Waals surface area contributed by atoms with Gasteiger partial charge in [0.2, 0.25) is 0 Å². The number of thioether (sulfide) groups is 1. The first-order valence-corrected chi connectivity index (χ1v) is 8.21. The fraction of sp³-hybridized carbons (Fsp3) is 0.538. The van der Waals surface area contributed by atoms with Gasteiger partial charge in [-0.2, -0.15) is 0 Å². The number of aliphatic imine (C=N–C) groups is 2. The maximum atomic E-state index is 6.02. The fourth-order valence-electron chi connectivity index (χ4n) is 2.46. The minimum absolute atomic E-state index is 0.117. The molecular weight excluding hydrogens is 324 g/mol. The van der Waals surface area contributed by atoms with E-state index in [2.05, 4.69) is 38.9 Å². The summed E-state index contributed by atoms with van der Waals surface area (Å²) in [6.07, 6.45) is 4.29. The van der Waals surface area contributed by atoms with Crippen molar-refractivity contribution in [2.45, 2.75) is 25.8 Å². The molecule has 6 heteroatoms. The van der Waals surface area contributed by atoms with Gasteiger partial charge in [-0.15, -0.1) is 11.8 Å². The summed E-state index contributed by atoms with van der Waals surface area (Å²) in [4.78, 5) is 14.3. The van der Waals surface area contributed by atoms with Gasteiger partial charge in [-0.05, 0) is 23.2 Å². The van der Waals surface area contributed by atoms with E-state index in [-0.39, 0.29) is 6.04 Å². The number of hydrogen-bond acceptors (Lipinski definition) is 5. The van der Waals surface area contributed by atoms with Crippen LogP contribution in [0, 0.1) is 5.92 Å². The second kappa shape index (κ2) is 6.61. The molecule has 0 aromatic heterocycles. The van der Waals surface area contributed by atoms with Crippen LogP contribution in [0.4, 0.5) is 0 Å². The topological polar surface area (TPSA) is 54.0 Å². The molecule has 2 unspecified atom stereocenters. The predicted molar refractivity (Wildman–Crippen MR) is 87.6 cm³/mol. The summed E-state index contributed by atoms with van der Waals surface area (Å²) >= 11 is 5.01. The van der Waals surface area contributed by atoms with Crippen molar-refractivity contribution in [3.8, 4) is 0 Å². The van der Waals surface area contributed by atoms with Crippen molar-refractivity contribution in [1.29, 1.82) is 0 Å². The third kappa shape index (κ3) is 3.05. The summed E-state index contributed by atoms with van der Waals surface area (Å²) in [5.74, 6) is 2.02. The number of hydrogen-bond donors (Lipinski definition) is 1. The Hall–Kier alpha value is -0.750. The highest BCUT2D eigenvalue weighted by Crippen LogP contribution is 2.35. The van der Waals surface area contributed by atoms with Crippen LogP contribution >= 0.6 is 27.7 Å². The van der Waals surface area contributed by atoms with Crippen LogP contribution < -0.4 is 5.73 Å². The average Bonchev–Trinajstić information content (AvgIpc) is 2.88. The number of amidine groups is 1. The number of rotatable bonds is 4. The van der Waals surface area contributed by atoms with Gasteiger partial charge in [0, 0.05) is 24.4 Å². The SMILES string of the molecule is CC/C=C(\S/C=C/Br)C1N=C(N)N(C)C2=NCCC21. The molecule has 0 amide bonds. The van der Waals surface area contributed by atoms with Gasteiger partial charge in [0.1, 0.15) is 5.84 Å². The summed E-state index contributed by atoms with van der Waals surface area (Å²) in [5.41, 5.74) is 6.02. The Morgan fingerprint density at radius 3 is 3.11 bits per heavy atom. The van der Waals surface area contributed by atoms with Gasteiger partial charge in [-0.25, -0.2) is 4.99 Å². The quantitative estimate of drug-likeness (QED) is 0.854. The summed E-state index contributed by atoms with van der Waals surface area (Å²) in [6, 6.07) is 0.117. The molecule has 0 bridgehead atoms. The minimum atomic E-state index is 0.117. The van der Waals surface area contributed by atoms with Crippen LogP contribution in [0.2, 0.25) is 0 Å². The Morgan fingerprint density at radius 1 is 1.63 bits per heavy atom. The molecule has 104 valence electrons. The second-order valence-electron chi connectivity index (χ2n) is 4.52. The lowest BCUT2D eigenvalue weighted by atomic mass is 9.94. The summed E-state index contributed by atoms with van der Waals surface area (Å²) in [7, 11) is 1.95. The highest BCUT2D eigenvalue weighted by atomic mass is 79.9. The first kappa shape index (κ1) is 14.7. The van der Waals surface area contributed by atoms with Crippen LogP contribution in [-0.2, 0) is 0 Å². The molecule has 0 saturated carbocycles. The molecule has 0 aliphatic carbocycles. The lowest BCUT2D eigenvalue weighted by Crippen LogP contribution is -2.49. The van der Waals surface area contributed by atoms with E-state index in [9.17, 15) is 0 Å². The van der Waals surface area contributed by atoms with Gasteiger partial charge in [-0.1, -0.05) is 28.9 Å². The highest BCUT2D eigenvalue weighted by molar-refractivity contribution is 9.11.